The van der Waals surface area contributed by atoms with Gasteiger partial charge in [0, 0.05) is 19.0 Å². The second-order valence-electron chi connectivity index (χ2n) is 4.65. The van der Waals surface area contributed by atoms with E-state index in [1.54, 1.807) is 25.1 Å². The molecule has 112 valence electrons. The number of benzene rings is 1. The SMILES string of the molecule is COC(=O)N[C@H](C)CNC(=O)CCc1cccc(C#N)c1. The lowest BCUT2D eigenvalue weighted by atomic mass is 10.1. The minimum absolute atomic E-state index is 0.101. The third-order valence-electron chi connectivity index (χ3n) is 2.85. The van der Waals surface area contributed by atoms with Crippen molar-refractivity contribution in [3.05, 3.63) is 35.4 Å². The summed E-state index contributed by atoms with van der Waals surface area (Å²) in [5, 5.41) is 14.1. The van der Waals surface area contributed by atoms with E-state index in [2.05, 4.69) is 21.4 Å². The van der Waals surface area contributed by atoms with Crippen molar-refractivity contribution in [2.24, 2.45) is 0 Å². The Hall–Kier alpha value is -2.55. The number of carbonyl (C=O) groups excluding carboxylic acids is 2. The van der Waals surface area contributed by atoms with E-state index in [9.17, 15) is 9.59 Å². The molecule has 0 aliphatic rings. The Labute approximate surface area is 124 Å². The summed E-state index contributed by atoms with van der Waals surface area (Å²) in [4.78, 5) is 22.7. The number of carbonyl (C=O) groups is 2. The molecule has 0 aliphatic heterocycles. The normalized spacial score (nSPS) is 11.1. The molecule has 0 bridgehead atoms. The molecule has 0 fully saturated rings. The molecule has 0 saturated heterocycles. The van der Waals surface area contributed by atoms with Crippen molar-refractivity contribution in [1.29, 1.82) is 5.26 Å². The third kappa shape index (κ3) is 6.43. The molecular weight excluding hydrogens is 270 g/mol. The van der Waals surface area contributed by atoms with E-state index >= 15 is 0 Å². The largest absolute Gasteiger partial charge is 0.453 e. The van der Waals surface area contributed by atoms with Gasteiger partial charge in [0.1, 0.15) is 0 Å². The fourth-order valence-electron chi connectivity index (χ4n) is 1.72. The van der Waals surface area contributed by atoms with Gasteiger partial charge in [-0.2, -0.15) is 5.26 Å². The average Bonchev–Trinajstić information content (AvgIpc) is 2.50. The maximum atomic E-state index is 11.7. The summed E-state index contributed by atoms with van der Waals surface area (Å²) in [6.45, 7) is 2.11. The Bertz CT molecular complexity index is 537. The van der Waals surface area contributed by atoms with Gasteiger partial charge in [-0.1, -0.05) is 12.1 Å². The highest BCUT2D eigenvalue weighted by Crippen LogP contribution is 2.06. The molecular formula is C15H19N3O3. The number of ether oxygens (including phenoxy) is 1. The molecule has 0 saturated carbocycles. The maximum Gasteiger partial charge on any atom is 0.407 e. The molecule has 1 aromatic carbocycles. The van der Waals surface area contributed by atoms with Crippen molar-refractivity contribution in [2.45, 2.75) is 25.8 Å². The first kappa shape index (κ1) is 16.5. The van der Waals surface area contributed by atoms with Gasteiger partial charge >= 0.3 is 6.09 Å². The molecule has 0 aromatic heterocycles. The van der Waals surface area contributed by atoms with Crippen LogP contribution in [0, 0.1) is 11.3 Å². The zero-order valence-corrected chi connectivity index (χ0v) is 12.2. The van der Waals surface area contributed by atoms with Crippen molar-refractivity contribution in [3.8, 4) is 6.07 Å². The summed E-state index contributed by atoms with van der Waals surface area (Å²) in [6, 6.07) is 9.04. The zero-order valence-electron chi connectivity index (χ0n) is 12.2. The molecule has 1 aromatic rings. The lowest BCUT2D eigenvalue weighted by molar-refractivity contribution is -0.121. The minimum atomic E-state index is -0.523. The Morgan fingerprint density at radius 3 is 2.86 bits per heavy atom. The quantitative estimate of drug-likeness (QED) is 0.827. The van der Waals surface area contributed by atoms with Crippen LogP contribution in [0.15, 0.2) is 24.3 Å². The first-order valence-corrected chi connectivity index (χ1v) is 6.65. The van der Waals surface area contributed by atoms with Crippen molar-refractivity contribution in [3.63, 3.8) is 0 Å². The van der Waals surface area contributed by atoms with E-state index in [1.165, 1.54) is 7.11 Å². The third-order valence-corrected chi connectivity index (χ3v) is 2.85. The lowest BCUT2D eigenvalue weighted by Crippen LogP contribution is -2.41. The van der Waals surface area contributed by atoms with Crippen LogP contribution in [0.3, 0.4) is 0 Å². The zero-order chi connectivity index (χ0) is 15.7. The molecule has 21 heavy (non-hydrogen) atoms. The van der Waals surface area contributed by atoms with Crippen molar-refractivity contribution in [2.75, 3.05) is 13.7 Å². The van der Waals surface area contributed by atoms with E-state index in [0.717, 1.165) is 5.56 Å². The first-order chi connectivity index (χ1) is 10.0. The van der Waals surface area contributed by atoms with Gasteiger partial charge in [-0.05, 0) is 31.0 Å². The van der Waals surface area contributed by atoms with Gasteiger partial charge < -0.3 is 15.4 Å². The number of methoxy groups -OCH3 is 1. The highest BCUT2D eigenvalue weighted by molar-refractivity contribution is 5.76. The lowest BCUT2D eigenvalue weighted by Gasteiger charge is -2.13. The van der Waals surface area contributed by atoms with Gasteiger partial charge in [0.25, 0.3) is 0 Å². The molecule has 2 amide bonds. The molecule has 6 nitrogen and oxygen atoms in total. The molecule has 0 aliphatic carbocycles. The van der Waals surface area contributed by atoms with Crippen LogP contribution in [-0.2, 0) is 16.0 Å². The summed E-state index contributed by atoms with van der Waals surface area (Å²) in [5.74, 6) is -0.101. The fourth-order valence-corrected chi connectivity index (χ4v) is 1.72. The van der Waals surface area contributed by atoms with E-state index < -0.39 is 6.09 Å². The van der Waals surface area contributed by atoms with Crippen LogP contribution in [-0.4, -0.2) is 31.7 Å². The van der Waals surface area contributed by atoms with Gasteiger partial charge in [-0.25, -0.2) is 4.79 Å². The van der Waals surface area contributed by atoms with E-state index in [-0.39, 0.29) is 11.9 Å². The Kier molecular flexibility index (Phi) is 6.75. The number of alkyl carbamates (subject to hydrolysis) is 1. The predicted octanol–water partition coefficient (Wildman–Crippen LogP) is 1.35. The monoisotopic (exact) mass is 289 g/mol. The van der Waals surface area contributed by atoms with Gasteiger partial charge in [-0.3, -0.25) is 4.79 Å². The minimum Gasteiger partial charge on any atom is -0.453 e. The summed E-state index contributed by atoms with van der Waals surface area (Å²) >= 11 is 0. The van der Waals surface area contributed by atoms with Crippen LogP contribution in [0.1, 0.15) is 24.5 Å². The predicted molar refractivity (Wildman–Crippen MR) is 77.5 cm³/mol. The first-order valence-electron chi connectivity index (χ1n) is 6.65. The number of hydrogen-bond donors (Lipinski definition) is 2. The van der Waals surface area contributed by atoms with Crippen LogP contribution in [0.25, 0.3) is 0 Å². The molecule has 6 heteroatoms. The van der Waals surface area contributed by atoms with Crippen LogP contribution in [0.5, 0.6) is 0 Å². The maximum absolute atomic E-state index is 11.7. The van der Waals surface area contributed by atoms with Gasteiger partial charge in [0.15, 0.2) is 0 Å². The average molecular weight is 289 g/mol. The van der Waals surface area contributed by atoms with Crippen LogP contribution < -0.4 is 10.6 Å². The molecule has 1 atom stereocenters. The molecule has 1 rings (SSSR count). The number of amides is 2. The molecule has 0 unspecified atom stereocenters. The highest BCUT2D eigenvalue weighted by atomic mass is 16.5. The number of nitrogens with one attached hydrogen (secondary N) is 2. The number of nitrogens with zero attached hydrogens (tertiary/aromatic N) is 1. The molecule has 0 spiro atoms. The fraction of sp³-hybridized carbons (Fsp3) is 0.400. The summed E-state index contributed by atoms with van der Waals surface area (Å²) in [5.41, 5.74) is 1.54. The second kappa shape index (κ2) is 8.59. The molecule has 0 heterocycles. The van der Waals surface area contributed by atoms with Gasteiger partial charge in [0.05, 0.1) is 18.7 Å². The Morgan fingerprint density at radius 1 is 1.43 bits per heavy atom. The van der Waals surface area contributed by atoms with Gasteiger partial charge in [-0.15, -0.1) is 0 Å². The van der Waals surface area contributed by atoms with Crippen molar-refractivity contribution < 1.29 is 14.3 Å². The summed E-state index contributed by atoms with van der Waals surface area (Å²) < 4.78 is 4.47. The molecule has 0 radical (unpaired) electrons. The number of rotatable bonds is 6. The van der Waals surface area contributed by atoms with Crippen LogP contribution in [0.4, 0.5) is 4.79 Å². The highest BCUT2D eigenvalue weighted by Gasteiger charge is 2.08. The van der Waals surface area contributed by atoms with Crippen molar-refractivity contribution >= 4 is 12.0 Å². The summed E-state index contributed by atoms with van der Waals surface area (Å²) in [6.07, 6.45) is 0.380. The number of nitriles is 1. The number of hydrogen-bond acceptors (Lipinski definition) is 4. The van der Waals surface area contributed by atoms with E-state index in [4.69, 9.17) is 5.26 Å². The smallest absolute Gasteiger partial charge is 0.407 e. The topological polar surface area (TPSA) is 91.2 Å². The Morgan fingerprint density at radius 2 is 2.19 bits per heavy atom. The van der Waals surface area contributed by atoms with Crippen LogP contribution >= 0.6 is 0 Å². The standard InChI is InChI=1S/C15H19N3O3/c1-11(18-15(20)21-2)10-17-14(19)7-6-12-4-3-5-13(8-12)9-16/h3-5,8,11H,6-7,10H2,1-2H3,(H,17,19)(H,18,20)/t11-/m1/s1. The molecule has 2 N–H and O–H groups in total. The van der Waals surface area contributed by atoms with Gasteiger partial charge in [0.2, 0.25) is 5.91 Å². The van der Waals surface area contributed by atoms with Crippen molar-refractivity contribution in [1.82, 2.24) is 10.6 Å². The summed E-state index contributed by atoms with van der Waals surface area (Å²) in [7, 11) is 1.29. The Balaban J connectivity index is 2.31. The van der Waals surface area contributed by atoms with E-state index in [1.807, 2.05) is 6.07 Å². The second-order valence-corrected chi connectivity index (χ2v) is 4.65. The number of aryl methyl sites for hydroxylation is 1. The van der Waals surface area contributed by atoms with E-state index in [0.29, 0.717) is 24.9 Å². The van der Waals surface area contributed by atoms with Crippen LogP contribution in [0.2, 0.25) is 0 Å².